The molecule has 1 aromatic rings. The number of nitrogens with zero attached hydrogens (tertiary/aromatic N) is 3. The molecule has 2 rings (SSSR count). The summed E-state index contributed by atoms with van der Waals surface area (Å²) in [6.45, 7) is 0.216. The highest BCUT2D eigenvalue weighted by molar-refractivity contribution is 5.17. The third-order valence-corrected chi connectivity index (χ3v) is 2.87. The van der Waals surface area contributed by atoms with Crippen LogP contribution in [0.25, 0.3) is 0 Å². The lowest BCUT2D eigenvalue weighted by atomic mass is 9.67. The van der Waals surface area contributed by atoms with E-state index in [-0.39, 0.29) is 12.0 Å². The van der Waals surface area contributed by atoms with E-state index in [4.69, 9.17) is 0 Å². The van der Waals surface area contributed by atoms with Crippen molar-refractivity contribution in [3.05, 3.63) is 11.9 Å². The van der Waals surface area contributed by atoms with Crippen LogP contribution in [-0.2, 0) is 12.5 Å². The highest BCUT2D eigenvalue weighted by Crippen LogP contribution is 2.42. The topological polar surface area (TPSA) is 50.9 Å². The zero-order chi connectivity index (χ0) is 8.60. The SMILES string of the molecule is Cn1nncc1C1(CO)CCC1. The molecular weight excluding hydrogens is 154 g/mol. The average Bonchev–Trinajstić information content (AvgIpc) is 2.36. The Morgan fingerprint density at radius 1 is 1.67 bits per heavy atom. The molecule has 0 aromatic carbocycles. The van der Waals surface area contributed by atoms with Gasteiger partial charge in [0.15, 0.2) is 0 Å². The third kappa shape index (κ3) is 0.876. The molecular formula is C8H13N3O. The molecule has 4 heteroatoms. The Hall–Kier alpha value is -0.900. The van der Waals surface area contributed by atoms with Crippen LogP contribution in [0.1, 0.15) is 25.0 Å². The van der Waals surface area contributed by atoms with Crippen molar-refractivity contribution in [1.29, 1.82) is 0 Å². The summed E-state index contributed by atoms with van der Waals surface area (Å²) in [6.07, 6.45) is 5.08. The van der Waals surface area contributed by atoms with Gasteiger partial charge in [-0.3, -0.25) is 4.68 Å². The second kappa shape index (κ2) is 2.55. The van der Waals surface area contributed by atoms with Crippen LogP contribution in [0.15, 0.2) is 6.20 Å². The highest BCUT2D eigenvalue weighted by atomic mass is 16.3. The van der Waals surface area contributed by atoms with Crippen molar-refractivity contribution < 1.29 is 5.11 Å². The Kier molecular flexibility index (Phi) is 1.65. The van der Waals surface area contributed by atoms with Gasteiger partial charge in [-0.05, 0) is 12.8 Å². The van der Waals surface area contributed by atoms with Gasteiger partial charge in [-0.1, -0.05) is 11.6 Å². The van der Waals surface area contributed by atoms with Gasteiger partial charge in [0, 0.05) is 12.5 Å². The molecule has 0 radical (unpaired) electrons. The second-order valence-corrected chi connectivity index (χ2v) is 3.53. The molecule has 1 aliphatic rings. The standard InChI is InChI=1S/C8H13N3O/c1-11-7(5-9-10-11)8(6-12)3-2-4-8/h5,12H,2-4,6H2,1H3. The zero-order valence-corrected chi connectivity index (χ0v) is 7.19. The fourth-order valence-electron chi connectivity index (χ4n) is 1.87. The fourth-order valence-corrected chi connectivity index (χ4v) is 1.87. The van der Waals surface area contributed by atoms with E-state index < -0.39 is 0 Å². The minimum Gasteiger partial charge on any atom is -0.395 e. The van der Waals surface area contributed by atoms with Crippen molar-refractivity contribution in [2.24, 2.45) is 7.05 Å². The van der Waals surface area contributed by atoms with Crippen LogP contribution in [0.3, 0.4) is 0 Å². The molecule has 0 spiro atoms. The maximum Gasteiger partial charge on any atom is 0.0731 e. The lowest BCUT2D eigenvalue weighted by Crippen LogP contribution is -2.39. The van der Waals surface area contributed by atoms with E-state index in [2.05, 4.69) is 10.3 Å². The molecule has 0 saturated heterocycles. The summed E-state index contributed by atoms with van der Waals surface area (Å²) in [5.41, 5.74) is 1.04. The third-order valence-electron chi connectivity index (χ3n) is 2.87. The molecule has 0 unspecified atom stereocenters. The molecule has 4 nitrogen and oxygen atoms in total. The Morgan fingerprint density at radius 2 is 2.42 bits per heavy atom. The number of aryl methyl sites for hydroxylation is 1. The quantitative estimate of drug-likeness (QED) is 0.686. The molecule has 0 bridgehead atoms. The van der Waals surface area contributed by atoms with Gasteiger partial charge in [0.05, 0.1) is 18.5 Å². The van der Waals surface area contributed by atoms with Gasteiger partial charge in [0.25, 0.3) is 0 Å². The van der Waals surface area contributed by atoms with Crippen LogP contribution in [0.5, 0.6) is 0 Å². The van der Waals surface area contributed by atoms with E-state index in [0.717, 1.165) is 18.5 Å². The van der Waals surface area contributed by atoms with Gasteiger partial charge < -0.3 is 5.11 Å². The van der Waals surface area contributed by atoms with Gasteiger partial charge in [-0.15, -0.1) is 5.10 Å². The van der Waals surface area contributed by atoms with Crippen molar-refractivity contribution in [1.82, 2.24) is 15.0 Å². The summed E-state index contributed by atoms with van der Waals surface area (Å²) >= 11 is 0. The maximum absolute atomic E-state index is 9.26. The van der Waals surface area contributed by atoms with E-state index in [0.29, 0.717) is 0 Å². The molecule has 0 atom stereocenters. The Labute approximate surface area is 71.2 Å². The van der Waals surface area contributed by atoms with E-state index in [9.17, 15) is 5.11 Å². The molecule has 1 fully saturated rings. The van der Waals surface area contributed by atoms with Crippen LogP contribution in [0.4, 0.5) is 0 Å². The van der Waals surface area contributed by atoms with Crippen LogP contribution in [0.2, 0.25) is 0 Å². The largest absolute Gasteiger partial charge is 0.395 e. The van der Waals surface area contributed by atoms with Gasteiger partial charge in [-0.2, -0.15) is 0 Å². The summed E-state index contributed by atoms with van der Waals surface area (Å²) in [6, 6.07) is 0. The van der Waals surface area contributed by atoms with E-state index in [1.165, 1.54) is 6.42 Å². The van der Waals surface area contributed by atoms with Crippen molar-refractivity contribution in [3.8, 4) is 0 Å². The van der Waals surface area contributed by atoms with Crippen LogP contribution >= 0.6 is 0 Å². The van der Waals surface area contributed by atoms with Crippen molar-refractivity contribution >= 4 is 0 Å². The molecule has 12 heavy (non-hydrogen) atoms. The van der Waals surface area contributed by atoms with E-state index in [1.54, 1.807) is 10.9 Å². The molecule has 0 amide bonds. The van der Waals surface area contributed by atoms with Gasteiger partial charge in [0.1, 0.15) is 0 Å². The zero-order valence-electron chi connectivity index (χ0n) is 7.19. The van der Waals surface area contributed by atoms with Crippen LogP contribution in [-0.4, -0.2) is 26.7 Å². The first-order valence-electron chi connectivity index (χ1n) is 4.24. The Morgan fingerprint density at radius 3 is 2.75 bits per heavy atom. The highest BCUT2D eigenvalue weighted by Gasteiger charge is 2.40. The lowest BCUT2D eigenvalue weighted by Gasteiger charge is -2.39. The molecule has 0 aliphatic heterocycles. The number of aliphatic hydroxyl groups is 1. The predicted molar refractivity (Wildman–Crippen MR) is 43.6 cm³/mol. The first-order valence-corrected chi connectivity index (χ1v) is 4.24. The monoisotopic (exact) mass is 167 g/mol. The van der Waals surface area contributed by atoms with Crippen molar-refractivity contribution in [2.75, 3.05) is 6.61 Å². The molecule has 66 valence electrons. The summed E-state index contributed by atoms with van der Waals surface area (Å²) in [7, 11) is 1.87. The number of hydrogen-bond donors (Lipinski definition) is 1. The van der Waals surface area contributed by atoms with Gasteiger partial charge in [-0.25, -0.2) is 0 Å². The first-order chi connectivity index (χ1) is 5.78. The van der Waals surface area contributed by atoms with Crippen molar-refractivity contribution in [3.63, 3.8) is 0 Å². The number of hydrogen-bond acceptors (Lipinski definition) is 3. The molecule has 1 heterocycles. The maximum atomic E-state index is 9.26. The van der Waals surface area contributed by atoms with Gasteiger partial charge >= 0.3 is 0 Å². The predicted octanol–water partition coefficient (Wildman–Crippen LogP) is 0.229. The minimum absolute atomic E-state index is 0.0295. The normalized spacial score (nSPS) is 20.5. The molecule has 1 saturated carbocycles. The lowest BCUT2D eigenvalue weighted by molar-refractivity contribution is 0.112. The summed E-state index contributed by atoms with van der Waals surface area (Å²) in [4.78, 5) is 0. The van der Waals surface area contributed by atoms with E-state index in [1.807, 2.05) is 7.05 Å². The molecule has 1 N–H and O–H groups in total. The Balaban J connectivity index is 2.33. The van der Waals surface area contributed by atoms with Crippen LogP contribution < -0.4 is 0 Å². The number of rotatable bonds is 2. The minimum atomic E-state index is -0.0295. The van der Waals surface area contributed by atoms with Crippen LogP contribution in [0, 0.1) is 0 Å². The molecule has 1 aliphatic carbocycles. The first kappa shape index (κ1) is 7.73. The summed E-state index contributed by atoms with van der Waals surface area (Å²) in [5.74, 6) is 0. The Bertz CT molecular complexity index is 272. The second-order valence-electron chi connectivity index (χ2n) is 3.53. The molecule has 1 aromatic heterocycles. The smallest absolute Gasteiger partial charge is 0.0731 e. The summed E-state index contributed by atoms with van der Waals surface area (Å²) in [5, 5.41) is 17.0. The van der Waals surface area contributed by atoms with E-state index >= 15 is 0 Å². The van der Waals surface area contributed by atoms with Gasteiger partial charge in [0.2, 0.25) is 0 Å². The van der Waals surface area contributed by atoms with Crippen molar-refractivity contribution in [2.45, 2.75) is 24.7 Å². The number of aliphatic hydroxyl groups excluding tert-OH is 1. The fraction of sp³-hybridized carbons (Fsp3) is 0.750. The average molecular weight is 167 g/mol. The number of aromatic nitrogens is 3. The summed E-state index contributed by atoms with van der Waals surface area (Å²) < 4.78 is 1.76.